The number of amides is 1. The Hall–Kier alpha value is -3.36. The van der Waals surface area contributed by atoms with E-state index >= 15 is 0 Å². The highest BCUT2D eigenvalue weighted by Gasteiger charge is 2.13. The van der Waals surface area contributed by atoms with Crippen molar-refractivity contribution < 1.29 is 9.18 Å². The van der Waals surface area contributed by atoms with E-state index in [2.05, 4.69) is 15.3 Å². The Labute approximate surface area is 176 Å². The van der Waals surface area contributed by atoms with Crippen LogP contribution in [0, 0.1) is 5.82 Å². The number of rotatable bonds is 6. The number of hydrogen-bond acceptors (Lipinski definition) is 5. The van der Waals surface area contributed by atoms with Crippen LogP contribution in [0.1, 0.15) is 5.82 Å². The van der Waals surface area contributed by atoms with Crippen LogP contribution < -0.4 is 10.9 Å². The molecule has 2 heterocycles. The molecule has 4 aromatic rings. The number of carbonyl (C=O) groups is 1. The second-order valence-corrected chi connectivity index (χ2v) is 7.97. The van der Waals surface area contributed by atoms with Gasteiger partial charge in [-0.2, -0.15) is 0 Å². The lowest BCUT2D eigenvalue weighted by atomic mass is 10.2. The fourth-order valence-corrected chi connectivity index (χ4v) is 4.18. The quantitative estimate of drug-likeness (QED) is 0.495. The number of aromatic amines is 1. The Morgan fingerprint density at radius 1 is 1.17 bits per heavy atom. The van der Waals surface area contributed by atoms with Crippen LogP contribution in [0.25, 0.3) is 20.7 Å². The number of hydrogen-bond donors (Lipinski definition) is 2. The van der Waals surface area contributed by atoms with Gasteiger partial charge in [0.05, 0.1) is 18.5 Å². The van der Waals surface area contributed by atoms with Crippen LogP contribution >= 0.6 is 11.3 Å². The fourth-order valence-electron chi connectivity index (χ4n) is 3.12. The van der Waals surface area contributed by atoms with Gasteiger partial charge in [0.1, 0.15) is 16.5 Å². The molecule has 2 aromatic heterocycles. The predicted octanol–water partition coefficient (Wildman–Crippen LogP) is 3.86. The molecule has 0 aliphatic carbocycles. The van der Waals surface area contributed by atoms with Gasteiger partial charge >= 0.3 is 0 Å². The summed E-state index contributed by atoms with van der Waals surface area (Å²) >= 11 is 1.46. The molecule has 0 saturated heterocycles. The van der Waals surface area contributed by atoms with Crippen molar-refractivity contribution in [3.8, 4) is 10.4 Å². The smallest absolute Gasteiger partial charge is 0.259 e. The van der Waals surface area contributed by atoms with Crippen LogP contribution in [0.2, 0.25) is 0 Å². The molecular weight excluding hydrogens is 403 g/mol. The Kier molecular flexibility index (Phi) is 5.69. The number of likely N-dealkylation sites (N-methyl/N-ethyl adjacent to an activating group) is 1. The summed E-state index contributed by atoms with van der Waals surface area (Å²) in [7, 11) is 1.75. The minimum Gasteiger partial charge on any atom is -0.325 e. The van der Waals surface area contributed by atoms with Crippen molar-refractivity contribution in [2.24, 2.45) is 0 Å². The van der Waals surface area contributed by atoms with Crippen molar-refractivity contribution in [2.75, 3.05) is 18.9 Å². The van der Waals surface area contributed by atoms with E-state index in [1.54, 1.807) is 18.0 Å². The molecule has 0 spiro atoms. The van der Waals surface area contributed by atoms with Gasteiger partial charge in [0.15, 0.2) is 0 Å². The van der Waals surface area contributed by atoms with Crippen LogP contribution in [-0.2, 0) is 11.3 Å². The van der Waals surface area contributed by atoms with Crippen molar-refractivity contribution in [3.05, 3.63) is 82.7 Å². The molecule has 0 bridgehead atoms. The number of fused-ring (bicyclic) bond motifs is 1. The topological polar surface area (TPSA) is 78.1 Å². The standard InChI is InChI=1S/C22H19FN4O2S/c1-27(13-20(28)24-16-9-5-8-15(23)10-16)12-19-25-21(29)17-11-18(30-22(17)26-19)14-6-3-2-4-7-14/h2-11H,12-13H2,1H3,(H,24,28)(H,25,26,29). The van der Waals surface area contributed by atoms with Crippen LogP contribution in [0.5, 0.6) is 0 Å². The number of carbonyl (C=O) groups excluding carboxylic acids is 1. The van der Waals surface area contributed by atoms with Gasteiger partial charge in [0.25, 0.3) is 5.56 Å². The van der Waals surface area contributed by atoms with E-state index in [0.29, 0.717) is 28.3 Å². The molecule has 0 unspecified atom stereocenters. The molecule has 8 heteroatoms. The molecule has 2 aromatic carbocycles. The number of aromatic nitrogens is 2. The number of H-pyrrole nitrogens is 1. The molecule has 0 saturated carbocycles. The molecular formula is C22H19FN4O2S. The van der Waals surface area contributed by atoms with Crippen molar-refractivity contribution >= 4 is 33.1 Å². The second kappa shape index (κ2) is 8.56. The molecule has 2 N–H and O–H groups in total. The minimum absolute atomic E-state index is 0.0674. The average Bonchev–Trinajstić information content (AvgIpc) is 3.13. The second-order valence-electron chi connectivity index (χ2n) is 6.94. The molecule has 0 aliphatic rings. The van der Waals surface area contributed by atoms with Gasteiger partial charge in [-0.25, -0.2) is 9.37 Å². The van der Waals surface area contributed by atoms with Crippen molar-refractivity contribution in [3.63, 3.8) is 0 Å². The summed E-state index contributed by atoms with van der Waals surface area (Å²) in [6.07, 6.45) is 0. The summed E-state index contributed by atoms with van der Waals surface area (Å²) in [5.74, 6) is -0.217. The van der Waals surface area contributed by atoms with E-state index < -0.39 is 5.82 Å². The van der Waals surface area contributed by atoms with Gasteiger partial charge < -0.3 is 10.3 Å². The Morgan fingerprint density at radius 2 is 1.97 bits per heavy atom. The lowest BCUT2D eigenvalue weighted by Gasteiger charge is -2.15. The minimum atomic E-state index is -0.415. The van der Waals surface area contributed by atoms with E-state index in [1.807, 2.05) is 36.4 Å². The molecule has 30 heavy (non-hydrogen) atoms. The van der Waals surface area contributed by atoms with E-state index in [4.69, 9.17) is 0 Å². The average molecular weight is 422 g/mol. The van der Waals surface area contributed by atoms with Crippen LogP contribution in [0.15, 0.2) is 65.5 Å². The number of benzene rings is 2. The van der Waals surface area contributed by atoms with Crippen molar-refractivity contribution in [1.82, 2.24) is 14.9 Å². The third-order valence-electron chi connectivity index (χ3n) is 4.45. The molecule has 0 fully saturated rings. The largest absolute Gasteiger partial charge is 0.325 e. The zero-order valence-corrected chi connectivity index (χ0v) is 17.0. The van der Waals surface area contributed by atoms with Crippen LogP contribution in [0.3, 0.4) is 0 Å². The summed E-state index contributed by atoms with van der Waals surface area (Å²) in [5, 5.41) is 3.20. The first-order valence-corrected chi connectivity index (χ1v) is 10.1. The SMILES string of the molecule is CN(CC(=O)Nc1cccc(F)c1)Cc1nc2sc(-c3ccccc3)cc2c(=O)[nH]1. The fraction of sp³-hybridized carbons (Fsp3) is 0.136. The van der Waals surface area contributed by atoms with E-state index in [9.17, 15) is 14.0 Å². The summed E-state index contributed by atoms with van der Waals surface area (Å²) in [6, 6.07) is 17.4. The molecule has 0 atom stereocenters. The summed E-state index contributed by atoms with van der Waals surface area (Å²) in [6.45, 7) is 0.359. The van der Waals surface area contributed by atoms with E-state index in [0.717, 1.165) is 10.4 Å². The highest BCUT2D eigenvalue weighted by Crippen LogP contribution is 2.30. The summed E-state index contributed by atoms with van der Waals surface area (Å²) in [4.78, 5) is 35.4. The van der Waals surface area contributed by atoms with Crippen molar-refractivity contribution in [1.29, 1.82) is 0 Å². The van der Waals surface area contributed by atoms with Gasteiger partial charge in [-0.05, 0) is 36.9 Å². The maximum absolute atomic E-state index is 13.2. The molecule has 0 aliphatic heterocycles. The zero-order valence-electron chi connectivity index (χ0n) is 16.2. The molecule has 0 radical (unpaired) electrons. The zero-order chi connectivity index (χ0) is 21.1. The lowest BCUT2D eigenvalue weighted by Crippen LogP contribution is -2.31. The Morgan fingerprint density at radius 3 is 2.73 bits per heavy atom. The first-order chi connectivity index (χ1) is 14.5. The third kappa shape index (κ3) is 4.61. The number of nitrogens with one attached hydrogen (secondary N) is 2. The Balaban J connectivity index is 1.46. The van der Waals surface area contributed by atoms with Gasteiger partial charge in [0.2, 0.25) is 5.91 Å². The highest BCUT2D eigenvalue weighted by molar-refractivity contribution is 7.21. The monoisotopic (exact) mass is 422 g/mol. The Bertz CT molecular complexity index is 1250. The molecule has 6 nitrogen and oxygen atoms in total. The molecule has 152 valence electrons. The van der Waals surface area contributed by atoms with Gasteiger partial charge in [-0.3, -0.25) is 14.5 Å². The molecule has 4 rings (SSSR count). The van der Waals surface area contributed by atoms with Crippen LogP contribution in [0.4, 0.5) is 10.1 Å². The normalized spacial score (nSPS) is 11.2. The maximum atomic E-state index is 13.2. The first kappa shape index (κ1) is 19.9. The summed E-state index contributed by atoms with van der Waals surface area (Å²) in [5.41, 5.74) is 1.23. The number of nitrogens with zero attached hydrogens (tertiary/aromatic N) is 2. The van der Waals surface area contributed by atoms with Gasteiger partial charge in [-0.1, -0.05) is 36.4 Å². The van der Waals surface area contributed by atoms with E-state index in [1.165, 1.54) is 29.5 Å². The predicted molar refractivity (Wildman–Crippen MR) is 117 cm³/mol. The molecule has 1 amide bonds. The van der Waals surface area contributed by atoms with Gasteiger partial charge in [0, 0.05) is 10.6 Å². The third-order valence-corrected chi connectivity index (χ3v) is 5.53. The van der Waals surface area contributed by atoms with Gasteiger partial charge in [-0.15, -0.1) is 11.3 Å². The number of anilines is 1. The highest BCUT2D eigenvalue weighted by atomic mass is 32.1. The van der Waals surface area contributed by atoms with E-state index in [-0.39, 0.29) is 18.0 Å². The first-order valence-electron chi connectivity index (χ1n) is 9.30. The maximum Gasteiger partial charge on any atom is 0.259 e. The van der Waals surface area contributed by atoms with Crippen molar-refractivity contribution in [2.45, 2.75) is 6.54 Å². The van der Waals surface area contributed by atoms with Crippen LogP contribution in [-0.4, -0.2) is 34.4 Å². The number of thiophene rings is 1. The summed E-state index contributed by atoms with van der Waals surface area (Å²) < 4.78 is 13.2. The lowest BCUT2D eigenvalue weighted by molar-refractivity contribution is -0.117. The number of halogens is 1.